The molecule has 0 fully saturated rings. The second-order valence-electron chi connectivity index (χ2n) is 6.64. The lowest BCUT2D eigenvalue weighted by Gasteiger charge is -2.27. The first-order chi connectivity index (χ1) is 11.5. The Bertz CT molecular complexity index is 656. The number of benzene rings is 1. The Hall–Kier alpha value is -2.45. The molecule has 2 rings (SSSR count). The molecule has 2 amide bonds. The van der Waals surface area contributed by atoms with Crippen LogP contribution in [0.2, 0.25) is 0 Å². The third kappa shape index (κ3) is 5.27. The van der Waals surface area contributed by atoms with Crippen molar-refractivity contribution >= 4 is 23.4 Å². The summed E-state index contributed by atoms with van der Waals surface area (Å²) in [4.78, 5) is 25.1. The highest BCUT2D eigenvalue weighted by Gasteiger charge is 2.39. The molecule has 1 aliphatic rings. The largest absolute Gasteiger partial charge is 0.444 e. The summed E-state index contributed by atoms with van der Waals surface area (Å²) in [6, 6.07) is 4.98. The van der Waals surface area contributed by atoms with Crippen molar-refractivity contribution < 1.29 is 27.5 Å². The normalized spacial score (nSPS) is 18.1. The van der Waals surface area contributed by atoms with Crippen molar-refractivity contribution in [2.24, 2.45) is 0 Å². The van der Waals surface area contributed by atoms with Gasteiger partial charge in [-0.05, 0) is 32.9 Å². The summed E-state index contributed by atoms with van der Waals surface area (Å²) in [5.41, 5.74) is -0.299. The number of para-hydroxylation sites is 2. The topological polar surface area (TPSA) is 70.7 Å². The Morgan fingerprint density at radius 1 is 1.32 bits per heavy atom. The van der Waals surface area contributed by atoms with E-state index >= 15 is 0 Å². The average Bonchev–Trinajstić information content (AvgIpc) is 2.56. The highest BCUT2D eigenvalue weighted by Crippen LogP contribution is 2.31. The number of anilines is 2. The van der Waals surface area contributed by atoms with Gasteiger partial charge in [0.15, 0.2) is 0 Å². The Kier molecular flexibility index (Phi) is 5.15. The minimum Gasteiger partial charge on any atom is -0.444 e. The van der Waals surface area contributed by atoms with Crippen LogP contribution in [0.3, 0.4) is 0 Å². The maximum atomic E-state index is 12.9. The first kappa shape index (κ1) is 18.9. The second kappa shape index (κ2) is 6.81. The van der Waals surface area contributed by atoms with Crippen molar-refractivity contribution in [2.75, 3.05) is 23.3 Å². The number of carbonyl (C=O) groups is 2. The van der Waals surface area contributed by atoms with Crippen LogP contribution in [0, 0.1) is 0 Å². The fraction of sp³-hybridized carbons (Fsp3) is 0.500. The molecule has 0 radical (unpaired) electrons. The number of alkyl carbamates (subject to hydrolysis) is 1. The van der Waals surface area contributed by atoms with Crippen LogP contribution < -0.4 is 15.5 Å². The summed E-state index contributed by atoms with van der Waals surface area (Å²) in [5, 5.41) is 5.22. The van der Waals surface area contributed by atoms with Gasteiger partial charge in [-0.3, -0.25) is 9.69 Å². The predicted molar refractivity (Wildman–Crippen MR) is 86.5 cm³/mol. The summed E-state index contributed by atoms with van der Waals surface area (Å²) in [6.45, 7) is 3.43. The molecule has 1 atom stereocenters. The van der Waals surface area contributed by atoms with E-state index in [9.17, 15) is 22.8 Å². The Balaban J connectivity index is 2.26. The van der Waals surface area contributed by atoms with E-state index in [1.807, 2.05) is 0 Å². The van der Waals surface area contributed by atoms with E-state index in [4.69, 9.17) is 4.74 Å². The maximum absolute atomic E-state index is 12.9. The van der Waals surface area contributed by atoms with Crippen LogP contribution in [0.15, 0.2) is 24.3 Å². The van der Waals surface area contributed by atoms with Crippen LogP contribution in [0.25, 0.3) is 0 Å². The summed E-state index contributed by atoms with van der Waals surface area (Å²) in [5.74, 6) is -0.861. The van der Waals surface area contributed by atoms with Gasteiger partial charge in [-0.1, -0.05) is 12.1 Å². The number of ether oxygens (including phenoxy) is 1. The maximum Gasteiger partial charge on any atom is 0.408 e. The van der Waals surface area contributed by atoms with E-state index in [0.717, 1.165) is 0 Å². The third-order valence-electron chi connectivity index (χ3n) is 3.28. The van der Waals surface area contributed by atoms with E-state index in [-0.39, 0.29) is 12.2 Å². The number of hydrogen-bond acceptors (Lipinski definition) is 4. The van der Waals surface area contributed by atoms with Crippen molar-refractivity contribution in [3.05, 3.63) is 24.3 Å². The molecular weight excluding hydrogens is 339 g/mol. The highest BCUT2D eigenvalue weighted by molar-refractivity contribution is 6.02. The van der Waals surface area contributed by atoms with Gasteiger partial charge in [0.25, 0.3) is 5.91 Å². The molecule has 9 heteroatoms. The molecule has 0 spiro atoms. The lowest BCUT2D eigenvalue weighted by atomic mass is 10.2. The van der Waals surface area contributed by atoms with Gasteiger partial charge in [-0.15, -0.1) is 0 Å². The van der Waals surface area contributed by atoms with E-state index < -0.39 is 36.4 Å². The number of carbonyl (C=O) groups excluding carboxylic acids is 2. The Labute approximate surface area is 143 Å². The van der Waals surface area contributed by atoms with E-state index in [0.29, 0.717) is 10.6 Å². The molecule has 1 heterocycles. The molecular formula is C16H20F3N3O3. The van der Waals surface area contributed by atoms with Crippen LogP contribution in [0.1, 0.15) is 20.8 Å². The summed E-state index contributed by atoms with van der Waals surface area (Å²) >= 11 is 0. The van der Waals surface area contributed by atoms with Gasteiger partial charge < -0.3 is 15.4 Å². The first-order valence-electron chi connectivity index (χ1n) is 7.67. The van der Waals surface area contributed by atoms with E-state index in [2.05, 4.69) is 10.6 Å². The van der Waals surface area contributed by atoms with E-state index in [1.54, 1.807) is 39.0 Å². The second-order valence-corrected chi connectivity index (χ2v) is 6.64. The van der Waals surface area contributed by atoms with Gasteiger partial charge in [0.2, 0.25) is 0 Å². The predicted octanol–water partition coefficient (Wildman–Crippen LogP) is 2.90. The number of nitrogens with one attached hydrogen (secondary N) is 2. The molecule has 1 aromatic rings. The Morgan fingerprint density at radius 2 is 1.96 bits per heavy atom. The molecule has 0 saturated heterocycles. The number of halogens is 3. The number of nitrogens with zero attached hydrogens (tertiary/aromatic N) is 1. The van der Waals surface area contributed by atoms with Crippen LogP contribution in [-0.2, 0) is 9.53 Å². The fourth-order valence-corrected chi connectivity index (χ4v) is 2.37. The van der Waals surface area contributed by atoms with Crippen molar-refractivity contribution in [3.8, 4) is 0 Å². The van der Waals surface area contributed by atoms with Crippen molar-refractivity contribution in [1.82, 2.24) is 5.32 Å². The zero-order valence-corrected chi connectivity index (χ0v) is 14.1. The summed E-state index contributed by atoms with van der Waals surface area (Å²) < 4.78 is 43.8. The van der Waals surface area contributed by atoms with Gasteiger partial charge in [0.05, 0.1) is 11.4 Å². The van der Waals surface area contributed by atoms with Crippen molar-refractivity contribution in [2.45, 2.75) is 38.6 Å². The molecule has 0 aliphatic carbocycles. The van der Waals surface area contributed by atoms with Crippen LogP contribution >= 0.6 is 0 Å². The number of alkyl halides is 3. The molecule has 1 unspecified atom stereocenters. The molecule has 1 aliphatic heterocycles. The molecule has 0 bridgehead atoms. The zero-order valence-electron chi connectivity index (χ0n) is 14.1. The molecule has 138 valence electrons. The van der Waals surface area contributed by atoms with Crippen molar-refractivity contribution in [3.63, 3.8) is 0 Å². The third-order valence-corrected chi connectivity index (χ3v) is 3.28. The number of fused-ring (bicyclic) bond motifs is 1. The van der Waals surface area contributed by atoms with Crippen LogP contribution in [0.4, 0.5) is 29.3 Å². The minimum atomic E-state index is -4.58. The summed E-state index contributed by atoms with van der Waals surface area (Å²) in [7, 11) is 0. The summed E-state index contributed by atoms with van der Waals surface area (Å²) in [6.07, 6.45) is -5.45. The molecule has 6 nitrogen and oxygen atoms in total. The van der Waals surface area contributed by atoms with Gasteiger partial charge in [-0.25, -0.2) is 4.79 Å². The number of hydrogen-bond donors (Lipinski definition) is 2. The van der Waals surface area contributed by atoms with Gasteiger partial charge in [0.1, 0.15) is 18.2 Å². The number of amides is 2. The fourth-order valence-electron chi connectivity index (χ4n) is 2.37. The Morgan fingerprint density at radius 3 is 2.56 bits per heavy atom. The number of rotatable bonds is 2. The highest BCUT2D eigenvalue weighted by atomic mass is 19.4. The average molecular weight is 359 g/mol. The van der Waals surface area contributed by atoms with E-state index in [1.165, 1.54) is 6.07 Å². The van der Waals surface area contributed by atoms with Crippen molar-refractivity contribution in [1.29, 1.82) is 0 Å². The molecule has 0 aromatic heterocycles. The van der Waals surface area contributed by atoms with Crippen LogP contribution in [0.5, 0.6) is 0 Å². The standard InChI is InChI=1S/C16H20F3N3O3/c1-15(2,3)25-14(24)21-11-8-20-10-6-4-5-7-12(10)22(13(11)23)9-16(17,18)19/h4-7,11,20H,8-9H2,1-3H3,(H,21,24). The molecule has 2 N–H and O–H groups in total. The van der Waals surface area contributed by atoms with Gasteiger partial charge >= 0.3 is 12.3 Å². The molecule has 25 heavy (non-hydrogen) atoms. The van der Waals surface area contributed by atoms with Gasteiger partial charge in [-0.2, -0.15) is 13.2 Å². The SMILES string of the molecule is CC(C)(C)OC(=O)NC1CNc2ccccc2N(CC(F)(F)F)C1=O. The first-order valence-corrected chi connectivity index (χ1v) is 7.67. The van der Waals surface area contributed by atoms with Crippen LogP contribution in [-0.4, -0.2) is 42.9 Å². The molecule has 0 saturated carbocycles. The lowest BCUT2D eigenvalue weighted by Crippen LogP contribution is -2.53. The minimum absolute atomic E-state index is 0.0521. The zero-order chi connectivity index (χ0) is 18.8. The smallest absolute Gasteiger partial charge is 0.408 e. The molecule has 1 aromatic carbocycles. The monoisotopic (exact) mass is 359 g/mol. The quantitative estimate of drug-likeness (QED) is 0.852. The van der Waals surface area contributed by atoms with Gasteiger partial charge in [0, 0.05) is 6.54 Å². The lowest BCUT2D eigenvalue weighted by molar-refractivity contribution is -0.133.